The van der Waals surface area contributed by atoms with E-state index in [2.05, 4.69) is 13.8 Å². The third kappa shape index (κ3) is 4.34. The maximum Gasteiger partial charge on any atom is 0.0436 e. The van der Waals surface area contributed by atoms with Gasteiger partial charge in [-0.15, -0.1) is 0 Å². The summed E-state index contributed by atoms with van der Waals surface area (Å²) in [6.07, 6.45) is 2.51. The molecule has 0 heterocycles. The molecule has 2 heteroatoms. The molecule has 0 aromatic carbocycles. The summed E-state index contributed by atoms with van der Waals surface area (Å²) in [5.41, 5.74) is 0.602. The van der Waals surface area contributed by atoms with Crippen LogP contribution in [-0.2, 0) is 4.74 Å². The molecule has 8 heavy (non-hydrogen) atoms. The molecule has 0 radical (unpaired) electrons. The van der Waals surface area contributed by atoms with E-state index in [-0.39, 0.29) is 0 Å². The first-order chi connectivity index (χ1) is 3.81. The highest BCUT2D eigenvalue weighted by Gasteiger charge is 1.95. The van der Waals surface area contributed by atoms with Gasteiger partial charge in [0.25, 0.3) is 0 Å². The first-order valence-electron chi connectivity index (χ1n) is 3.42. The second-order valence-electron chi connectivity index (χ2n) is 2.05. The van der Waals surface area contributed by atoms with Crippen LogP contribution in [0.2, 0.25) is 0 Å². The lowest BCUT2D eigenvalue weighted by molar-refractivity contribution is 0.113. The SMILES string of the molecule is CCCC([SiH3])OCC. The predicted octanol–water partition coefficient (Wildman–Crippen LogP) is 0.514. The van der Waals surface area contributed by atoms with Gasteiger partial charge >= 0.3 is 0 Å². The van der Waals surface area contributed by atoms with Gasteiger partial charge in [-0.1, -0.05) is 13.3 Å². The lowest BCUT2D eigenvalue weighted by Gasteiger charge is -2.08. The van der Waals surface area contributed by atoms with Crippen molar-refractivity contribution in [2.45, 2.75) is 32.4 Å². The summed E-state index contributed by atoms with van der Waals surface area (Å²) in [6.45, 7) is 5.14. The first kappa shape index (κ1) is 8.18. The summed E-state index contributed by atoms with van der Waals surface area (Å²) in [7, 11) is 1.19. The van der Waals surface area contributed by atoms with E-state index in [9.17, 15) is 0 Å². The fraction of sp³-hybridized carbons (Fsp3) is 1.00. The van der Waals surface area contributed by atoms with Crippen molar-refractivity contribution >= 4 is 10.2 Å². The van der Waals surface area contributed by atoms with Gasteiger partial charge in [-0.2, -0.15) is 0 Å². The number of ether oxygens (including phenoxy) is 1. The zero-order valence-corrected chi connectivity index (χ0v) is 8.11. The van der Waals surface area contributed by atoms with E-state index < -0.39 is 0 Å². The molecule has 1 atom stereocenters. The van der Waals surface area contributed by atoms with E-state index in [1.807, 2.05) is 0 Å². The lowest BCUT2D eigenvalue weighted by Crippen LogP contribution is -2.11. The van der Waals surface area contributed by atoms with E-state index in [4.69, 9.17) is 4.74 Å². The molecule has 0 aliphatic carbocycles. The molecule has 1 unspecified atom stereocenters. The third-order valence-corrected chi connectivity index (χ3v) is 2.06. The number of hydrogen-bond acceptors (Lipinski definition) is 1. The molecule has 0 N–H and O–H groups in total. The van der Waals surface area contributed by atoms with Crippen molar-refractivity contribution in [1.29, 1.82) is 0 Å². The minimum Gasteiger partial charge on any atom is -0.383 e. The largest absolute Gasteiger partial charge is 0.383 e. The van der Waals surface area contributed by atoms with Crippen LogP contribution in [0.1, 0.15) is 26.7 Å². The Hall–Kier alpha value is 0.177. The molecule has 0 saturated carbocycles. The first-order valence-corrected chi connectivity index (χ1v) is 4.58. The molecule has 0 saturated heterocycles. The molecule has 0 bridgehead atoms. The van der Waals surface area contributed by atoms with Crippen molar-refractivity contribution in [3.05, 3.63) is 0 Å². The smallest absolute Gasteiger partial charge is 0.0436 e. The third-order valence-electron chi connectivity index (χ3n) is 1.15. The Balaban J connectivity index is 2.92. The highest BCUT2D eigenvalue weighted by molar-refractivity contribution is 6.10. The Kier molecular flexibility index (Phi) is 5.43. The van der Waals surface area contributed by atoms with E-state index in [1.54, 1.807) is 0 Å². The van der Waals surface area contributed by atoms with Crippen molar-refractivity contribution in [2.24, 2.45) is 0 Å². The molecular formula is C6H16OSi. The highest BCUT2D eigenvalue weighted by atomic mass is 28.1. The van der Waals surface area contributed by atoms with Gasteiger partial charge in [-0.3, -0.25) is 0 Å². The van der Waals surface area contributed by atoms with Crippen LogP contribution in [0.15, 0.2) is 0 Å². The van der Waals surface area contributed by atoms with Crippen LogP contribution < -0.4 is 0 Å². The topological polar surface area (TPSA) is 9.23 Å². The average molecular weight is 132 g/mol. The maximum atomic E-state index is 5.34. The number of rotatable bonds is 4. The molecule has 0 aromatic rings. The standard InChI is InChI=1S/C6H16OSi/c1-3-5-6(8)7-4-2/h6H,3-5H2,1-2,8H3. The summed E-state index contributed by atoms with van der Waals surface area (Å²) < 4.78 is 5.34. The van der Waals surface area contributed by atoms with Crippen LogP contribution in [0.3, 0.4) is 0 Å². The molecule has 0 spiro atoms. The molecule has 1 nitrogen and oxygen atoms in total. The number of hydrogen-bond donors (Lipinski definition) is 0. The molecule has 50 valence electrons. The van der Waals surface area contributed by atoms with Crippen LogP contribution in [-0.4, -0.2) is 22.6 Å². The van der Waals surface area contributed by atoms with E-state index in [0.717, 1.165) is 6.61 Å². The quantitative estimate of drug-likeness (QED) is 0.507. The minimum absolute atomic E-state index is 0.602. The van der Waals surface area contributed by atoms with Crippen molar-refractivity contribution < 1.29 is 4.74 Å². The molecule has 0 aliphatic heterocycles. The Bertz CT molecular complexity index is 41.8. The van der Waals surface area contributed by atoms with Crippen molar-refractivity contribution in [2.75, 3.05) is 6.61 Å². The van der Waals surface area contributed by atoms with Gasteiger partial charge < -0.3 is 4.74 Å². The summed E-state index contributed by atoms with van der Waals surface area (Å²) >= 11 is 0. The zero-order valence-electron chi connectivity index (χ0n) is 6.11. The summed E-state index contributed by atoms with van der Waals surface area (Å²) in [5, 5.41) is 0. The van der Waals surface area contributed by atoms with E-state index in [0.29, 0.717) is 5.73 Å². The molecular weight excluding hydrogens is 116 g/mol. The summed E-state index contributed by atoms with van der Waals surface area (Å²) in [5.74, 6) is 0. The maximum absolute atomic E-state index is 5.34. The fourth-order valence-corrected chi connectivity index (χ4v) is 1.69. The van der Waals surface area contributed by atoms with Gasteiger partial charge in [0, 0.05) is 22.6 Å². The summed E-state index contributed by atoms with van der Waals surface area (Å²) in [4.78, 5) is 0. The van der Waals surface area contributed by atoms with Gasteiger partial charge in [0.05, 0.1) is 0 Å². The second-order valence-corrected chi connectivity index (χ2v) is 3.34. The van der Waals surface area contributed by atoms with Gasteiger partial charge in [0.2, 0.25) is 0 Å². The molecule has 0 fully saturated rings. The van der Waals surface area contributed by atoms with Crippen molar-refractivity contribution in [3.8, 4) is 0 Å². The second kappa shape index (κ2) is 5.32. The Morgan fingerprint density at radius 1 is 1.50 bits per heavy atom. The van der Waals surface area contributed by atoms with Crippen molar-refractivity contribution in [3.63, 3.8) is 0 Å². The predicted molar refractivity (Wildman–Crippen MR) is 40.3 cm³/mol. The lowest BCUT2D eigenvalue weighted by atomic mass is 10.4. The Morgan fingerprint density at radius 2 is 2.12 bits per heavy atom. The monoisotopic (exact) mass is 132 g/mol. The van der Waals surface area contributed by atoms with Crippen LogP contribution in [0, 0.1) is 0 Å². The zero-order chi connectivity index (χ0) is 6.41. The minimum atomic E-state index is 0.602. The van der Waals surface area contributed by atoms with Crippen LogP contribution in [0.4, 0.5) is 0 Å². The van der Waals surface area contributed by atoms with Gasteiger partial charge in [0.1, 0.15) is 0 Å². The summed E-state index contributed by atoms with van der Waals surface area (Å²) in [6, 6.07) is 0. The van der Waals surface area contributed by atoms with E-state index in [1.165, 1.54) is 23.1 Å². The Morgan fingerprint density at radius 3 is 2.50 bits per heavy atom. The van der Waals surface area contributed by atoms with Gasteiger partial charge in [-0.05, 0) is 13.3 Å². The van der Waals surface area contributed by atoms with Crippen LogP contribution in [0.25, 0.3) is 0 Å². The molecule has 0 amide bonds. The Labute approximate surface area is 54.8 Å². The molecule has 0 rings (SSSR count). The normalized spacial score (nSPS) is 14.2. The average Bonchev–Trinajstić information content (AvgIpc) is 1.68. The molecule has 0 aromatic heterocycles. The van der Waals surface area contributed by atoms with Gasteiger partial charge in [-0.25, -0.2) is 0 Å². The highest BCUT2D eigenvalue weighted by Crippen LogP contribution is 1.95. The van der Waals surface area contributed by atoms with E-state index >= 15 is 0 Å². The molecule has 0 aliphatic rings. The fourth-order valence-electron chi connectivity index (χ4n) is 0.774. The van der Waals surface area contributed by atoms with Crippen LogP contribution in [0.5, 0.6) is 0 Å². The van der Waals surface area contributed by atoms with Crippen LogP contribution >= 0.6 is 0 Å². The van der Waals surface area contributed by atoms with Crippen molar-refractivity contribution in [1.82, 2.24) is 0 Å². The van der Waals surface area contributed by atoms with Gasteiger partial charge in [0.15, 0.2) is 0 Å².